The summed E-state index contributed by atoms with van der Waals surface area (Å²) in [5, 5.41) is 14.6. The van der Waals surface area contributed by atoms with Gasteiger partial charge in [0.25, 0.3) is 5.91 Å². The molecule has 0 aromatic heterocycles. The maximum absolute atomic E-state index is 11.7. The van der Waals surface area contributed by atoms with Gasteiger partial charge >= 0.3 is 0 Å². The minimum absolute atomic E-state index is 0.0595. The van der Waals surface area contributed by atoms with Crippen LogP contribution in [0.2, 0.25) is 0 Å². The molecule has 0 aliphatic rings. The topological polar surface area (TPSA) is 74.1 Å². The summed E-state index contributed by atoms with van der Waals surface area (Å²) < 4.78 is 5.09. The highest BCUT2D eigenvalue weighted by molar-refractivity contribution is 6.17. The molecule has 0 heterocycles. The number of carbonyl (C=O) groups excluding carboxylic acids is 1. The number of nitrogens with zero attached hydrogens (tertiary/aromatic N) is 1. The molecule has 0 saturated carbocycles. The number of benzene rings is 1. The van der Waals surface area contributed by atoms with Crippen LogP contribution >= 0.6 is 11.6 Å². The number of ether oxygens (including phenoxy) is 1. The van der Waals surface area contributed by atoms with E-state index in [0.717, 1.165) is 17.7 Å². The summed E-state index contributed by atoms with van der Waals surface area (Å²) in [4.78, 5) is 11.7. The second kappa shape index (κ2) is 10.5. The predicted molar refractivity (Wildman–Crippen MR) is 86.7 cm³/mol. The van der Waals surface area contributed by atoms with Gasteiger partial charge in [-0.2, -0.15) is 5.26 Å². The Bertz CT molecular complexity index is 535. The molecule has 1 aromatic rings. The van der Waals surface area contributed by atoms with Gasteiger partial charge in [0.2, 0.25) is 0 Å². The van der Waals surface area contributed by atoms with Crippen LogP contribution in [0.4, 0.5) is 0 Å². The molecule has 118 valence electrons. The zero-order valence-corrected chi connectivity index (χ0v) is 13.3. The Hall–Kier alpha value is -2.19. The number of carbonyl (C=O) groups is 1. The lowest BCUT2D eigenvalue weighted by Crippen LogP contribution is -2.27. The lowest BCUT2D eigenvalue weighted by molar-refractivity contribution is -0.117. The fourth-order valence-electron chi connectivity index (χ4n) is 1.70. The molecule has 0 aliphatic heterocycles. The van der Waals surface area contributed by atoms with Crippen molar-refractivity contribution in [1.29, 1.82) is 5.26 Å². The summed E-state index contributed by atoms with van der Waals surface area (Å²) in [6.45, 7) is 1.10. The first kappa shape index (κ1) is 17.9. The van der Waals surface area contributed by atoms with Crippen LogP contribution in [0.1, 0.15) is 12.0 Å². The molecule has 0 unspecified atom stereocenters. The Balaban J connectivity index is 2.38. The lowest BCUT2D eigenvalue weighted by Gasteiger charge is -2.05. The number of amides is 1. The second-order valence-corrected chi connectivity index (χ2v) is 4.90. The third-order valence-corrected chi connectivity index (χ3v) is 3.19. The third-order valence-electron chi connectivity index (χ3n) is 2.92. The summed E-state index contributed by atoms with van der Waals surface area (Å²) >= 11 is 5.53. The largest absolute Gasteiger partial charge is 0.497 e. The van der Waals surface area contributed by atoms with Crippen molar-refractivity contribution in [1.82, 2.24) is 10.6 Å². The summed E-state index contributed by atoms with van der Waals surface area (Å²) in [5.41, 5.74) is 1.20. The Labute approximate surface area is 135 Å². The highest BCUT2D eigenvalue weighted by Gasteiger charge is 2.07. The predicted octanol–water partition coefficient (Wildman–Crippen LogP) is 1.98. The number of hydrogen-bond donors (Lipinski definition) is 2. The second-order valence-electron chi connectivity index (χ2n) is 4.52. The first-order valence-corrected chi connectivity index (χ1v) is 7.55. The smallest absolute Gasteiger partial charge is 0.263 e. The average molecular weight is 322 g/mol. The molecule has 0 atom stereocenters. The van der Waals surface area contributed by atoms with Crippen molar-refractivity contribution >= 4 is 17.5 Å². The minimum atomic E-state index is -0.385. The van der Waals surface area contributed by atoms with Gasteiger partial charge in [-0.25, -0.2) is 0 Å². The fourth-order valence-corrected chi connectivity index (χ4v) is 1.83. The van der Waals surface area contributed by atoms with E-state index in [1.807, 2.05) is 30.3 Å². The number of nitrogens with one attached hydrogen (secondary N) is 2. The van der Waals surface area contributed by atoms with Crippen molar-refractivity contribution in [3.63, 3.8) is 0 Å². The van der Waals surface area contributed by atoms with Gasteiger partial charge in [0.05, 0.1) is 7.11 Å². The van der Waals surface area contributed by atoms with Crippen LogP contribution in [0.25, 0.3) is 0 Å². The van der Waals surface area contributed by atoms with E-state index in [9.17, 15) is 4.79 Å². The summed E-state index contributed by atoms with van der Waals surface area (Å²) in [5.74, 6) is 0.910. The van der Waals surface area contributed by atoms with Gasteiger partial charge in [0.15, 0.2) is 0 Å². The van der Waals surface area contributed by atoms with E-state index in [0.29, 0.717) is 25.4 Å². The number of hydrogen-bond acceptors (Lipinski definition) is 4. The monoisotopic (exact) mass is 321 g/mol. The van der Waals surface area contributed by atoms with Crippen molar-refractivity contribution in [2.24, 2.45) is 0 Å². The number of nitriles is 1. The molecule has 0 bridgehead atoms. The fraction of sp³-hybridized carbons (Fsp3) is 0.375. The normalized spacial score (nSPS) is 10.7. The zero-order valence-electron chi connectivity index (χ0n) is 12.6. The van der Waals surface area contributed by atoms with Gasteiger partial charge in [0.1, 0.15) is 17.4 Å². The molecule has 22 heavy (non-hydrogen) atoms. The number of halogens is 1. The van der Waals surface area contributed by atoms with E-state index in [2.05, 4.69) is 10.6 Å². The van der Waals surface area contributed by atoms with Crippen LogP contribution in [0.15, 0.2) is 36.0 Å². The first-order valence-electron chi connectivity index (χ1n) is 7.02. The molecule has 1 aromatic carbocycles. The molecule has 1 rings (SSSR count). The van der Waals surface area contributed by atoms with Gasteiger partial charge in [-0.15, -0.1) is 11.6 Å². The Morgan fingerprint density at radius 1 is 1.36 bits per heavy atom. The highest BCUT2D eigenvalue weighted by Crippen LogP contribution is 2.11. The molecule has 0 saturated heterocycles. The average Bonchev–Trinajstić information content (AvgIpc) is 2.55. The van der Waals surface area contributed by atoms with Gasteiger partial charge < -0.3 is 15.4 Å². The molecule has 2 N–H and O–H groups in total. The SMILES string of the molecule is COc1ccc(CCN/C=C(/C#N)C(=O)NCCCCl)cc1. The number of rotatable bonds is 9. The summed E-state index contributed by atoms with van der Waals surface area (Å²) in [6, 6.07) is 9.64. The van der Waals surface area contributed by atoms with Gasteiger partial charge in [-0.05, 0) is 30.5 Å². The maximum Gasteiger partial charge on any atom is 0.263 e. The van der Waals surface area contributed by atoms with Crippen LogP contribution in [0.5, 0.6) is 5.75 Å². The molecule has 1 amide bonds. The van der Waals surface area contributed by atoms with Crippen LogP contribution < -0.4 is 15.4 Å². The zero-order chi connectivity index (χ0) is 16.2. The van der Waals surface area contributed by atoms with Crippen molar-refractivity contribution in [2.45, 2.75) is 12.8 Å². The van der Waals surface area contributed by atoms with E-state index >= 15 is 0 Å². The standard InChI is InChI=1S/C16H20ClN3O2/c1-22-15-5-3-13(4-6-15)7-10-19-12-14(11-18)16(21)20-9-2-8-17/h3-6,12,19H,2,7-10H2,1H3,(H,20,21)/b14-12-. The van der Waals surface area contributed by atoms with Crippen LogP contribution in [0, 0.1) is 11.3 Å². The lowest BCUT2D eigenvalue weighted by atomic mass is 10.1. The number of methoxy groups -OCH3 is 1. The van der Waals surface area contributed by atoms with Crippen LogP contribution in [-0.2, 0) is 11.2 Å². The maximum atomic E-state index is 11.7. The van der Waals surface area contributed by atoms with Crippen molar-refractivity contribution in [3.8, 4) is 11.8 Å². The van der Waals surface area contributed by atoms with Crippen molar-refractivity contribution < 1.29 is 9.53 Å². The van der Waals surface area contributed by atoms with Crippen molar-refractivity contribution in [2.75, 3.05) is 26.1 Å². The molecule has 6 heteroatoms. The van der Waals surface area contributed by atoms with Crippen molar-refractivity contribution in [3.05, 3.63) is 41.6 Å². The van der Waals surface area contributed by atoms with E-state index in [1.165, 1.54) is 6.20 Å². The Kier molecular flexibility index (Phi) is 8.54. The summed E-state index contributed by atoms with van der Waals surface area (Å²) in [6.07, 6.45) is 2.91. The van der Waals surface area contributed by atoms with Crippen LogP contribution in [0.3, 0.4) is 0 Å². The van der Waals surface area contributed by atoms with Gasteiger partial charge in [-0.1, -0.05) is 12.1 Å². The molecule has 5 nitrogen and oxygen atoms in total. The molecular formula is C16H20ClN3O2. The molecular weight excluding hydrogens is 302 g/mol. The minimum Gasteiger partial charge on any atom is -0.497 e. The van der Waals surface area contributed by atoms with E-state index in [-0.39, 0.29) is 11.5 Å². The first-order chi connectivity index (χ1) is 10.7. The number of alkyl halides is 1. The summed E-state index contributed by atoms with van der Waals surface area (Å²) in [7, 11) is 1.63. The van der Waals surface area contributed by atoms with E-state index < -0.39 is 0 Å². The van der Waals surface area contributed by atoms with E-state index in [4.69, 9.17) is 21.6 Å². The molecule has 0 radical (unpaired) electrons. The Morgan fingerprint density at radius 3 is 2.68 bits per heavy atom. The Morgan fingerprint density at radius 2 is 2.09 bits per heavy atom. The van der Waals surface area contributed by atoms with E-state index in [1.54, 1.807) is 7.11 Å². The molecule has 0 fully saturated rings. The quantitative estimate of drug-likeness (QED) is 0.316. The molecule has 0 aliphatic carbocycles. The van der Waals surface area contributed by atoms with Gasteiger partial charge in [0, 0.05) is 25.2 Å². The highest BCUT2D eigenvalue weighted by atomic mass is 35.5. The third kappa shape index (κ3) is 6.51. The van der Waals surface area contributed by atoms with Crippen LogP contribution in [-0.4, -0.2) is 32.0 Å². The van der Waals surface area contributed by atoms with Gasteiger partial charge in [-0.3, -0.25) is 4.79 Å². The molecule has 0 spiro atoms.